The molecule has 0 radical (unpaired) electrons. The van der Waals surface area contributed by atoms with Crippen LogP contribution in [0.1, 0.15) is 24.8 Å². The molecule has 0 bridgehead atoms. The molecule has 4 nitrogen and oxygen atoms in total. The van der Waals surface area contributed by atoms with Crippen molar-refractivity contribution in [3.05, 3.63) is 29.8 Å². The highest BCUT2D eigenvalue weighted by molar-refractivity contribution is 7.88. The van der Waals surface area contributed by atoms with Crippen molar-refractivity contribution in [1.82, 2.24) is 4.72 Å². The van der Waals surface area contributed by atoms with Crippen molar-refractivity contribution in [1.29, 1.82) is 0 Å². The number of benzene rings is 1. The highest BCUT2D eigenvalue weighted by Crippen LogP contribution is 2.08. The van der Waals surface area contributed by atoms with Gasteiger partial charge in [0, 0.05) is 18.7 Å². The summed E-state index contributed by atoms with van der Waals surface area (Å²) in [6, 6.07) is 6.81. The fourth-order valence-electron chi connectivity index (χ4n) is 1.46. The van der Waals surface area contributed by atoms with Crippen LogP contribution in [0.2, 0.25) is 0 Å². The zero-order chi connectivity index (χ0) is 13.4. The zero-order valence-electron chi connectivity index (χ0n) is 10.2. The summed E-state index contributed by atoms with van der Waals surface area (Å²) in [5.74, 6) is 2.50. The van der Waals surface area contributed by atoms with Crippen LogP contribution >= 0.6 is 0 Å². The fraction of sp³-hybridized carbons (Fsp3) is 0.385. The van der Waals surface area contributed by atoms with Crippen molar-refractivity contribution in [2.24, 2.45) is 0 Å². The Morgan fingerprint density at radius 1 is 1.22 bits per heavy atom. The number of hydrogen-bond acceptors (Lipinski definition) is 3. The minimum atomic E-state index is -3.28. The van der Waals surface area contributed by atoms with Crippen LogP contribution in [0.4, 0.5) is 5.69 Å². The molecule has 98 valence electrons. The molecule has 0 fully saturated rings. The minimum absolute atomic E-state index is 0.0254. The average molecular weight is 266 g/mol. The molecule has 0 spiro atoms. The Morgan fingerprint density at radius 2 is 1.89 bits per heavy atom. The number of nitrogens with one attached hydrogen (secondary N) is 1. The summed E-state index contributed by atoms with van der Waals surface area (Å²) in [5, 5.41) is 0. The minimum Gasteiger partial charge on any atom is -0.399 e. The summed E-state index contributed by atoms with van der Waals surface area (Å²) < 4.78 is 26.0. The second kappa shape index (κ2) is 7.04. The van der Waals surface area contributed by atoms with Gasteiger partial charge in [-0.05, 0) is 30.5 Å². The Bertz CT molecular complexity index is 501. The van der Waals surface area contributed by atoms with Gasteiger partial charge in [0.15, 0.2) is 0 Å². The first kappa shape index (κ1) is 14.6. The third kappa shape index (κ3) is 5.71. The van der Waals surface area contributed by atoms with Crippen molar-refractivity contribution in [2.75, 3.05) is 12.3 Å². The van der Waals surface area contributed by atoms with Crippen LogP contribution in [0.3, 0.4) is 0 Å². The molecule has 18 heavy (non-hydrogen) atoms. The predicted molar refractivity (Wildman–Crippen MR) is 74.2 cm³/mol. The van der Waals surface area contributed by atoms with Crippen LogP contribution in [0.25, 0.3) is 0 Å². The largest absolute Gasteiger partial charge is 0.399 e. The van der Waals surface area contributed by atoms with Crippen molar-refractivity contribution in [2.45, 2.75) is 25.0 Å². The lowest BCUT2D eigenvalue weighted by atomic mass is 10.2. The van der Waals surface area contributed by atoms with Crippen LogP contribution in [0.5, 0.6) is 0 Å². The zero-order valence-corrected chi connectivity index (χ0v) is 11.0. The summed E-state index contributed by atoms with van der Waals surface area (Å²) in [7, 11) is -3.28. The van der Waals surface area contributed by atoms with E-state index in [1.54, 1.807) is 24.3 Å². The third-order valence-corrected chi connectivity index (χ3v) is 3.76. The SMILES string of the molecule is C#CCCCCNS(=O)(=O)Cc1ccc(N)cc1. The van der Waals surface area contributed by atoms with Gasteiger partial charge in [-0.1, -0.05) is 12.1 Å². The van der Waals surface area contributed by atoms with E-state index in [9.17, 15) is 8.42 Å². The van der Waals surface area contributed by atoms with Gasteiger partial charge in [-0.3, -0.25) is 0 Å². The Kier molecular flexibility index (Phi) is 5.69. The van der Waals surface area contributed by atoms with E-state index in [2.05, 4.69) is 10.6 Å². The number of rotatable bonds is 7. The summed E-state index contributed by atoms with van der Waals surface area (Å²) in [6.45, 7) is 0.430. The number of terminal acetylenes is 1. The molecule has 0 atom stereocenters. The Morgan fingerprint density at radius 3 is 2.50 bits per heavy atom. The monoisotopic (exact) mass is 266 g/mol. The van der Waals surface area contributed by atoms with Gasteiger partial charge < -0.3 is 5.73 Å². The first-order valence-corrected chi connectivity index (χ1v) is 7.44. The maximum Gasteiger partial charge on any atom is 0.215 e. The summed E-state index contributed by atoms with van der Waals surface area (Å²) in [6.07, 6.45) is 7.38. The normalized spacial score (nSPS) is 11.1. The summed E-state index contributed by atoms with van der Waals surface area (Å²) >= 11 is 0. The van der Waals surface area contributed by atoms with Gasteiger partial charge >= 0.3 is 0 Å². The van der Waals surface area contributed by atoms with Crippen LogP contribution in [0.15, 0.2) is 24.3 Å². The first-order chi connectivity index (χ1) is 8.53. The second-order valence-electron chi connectivity index (χ2n) is 4.06. The van der Waals surface area contributed by atoms with E-state index in [4.69, 9.17) is 12.2 Å². The van der Waals surface area contributed by atoms with Gasteiger partial charge in [0.05, 0.1) is 5.75 Å². The molecular weight excluding hydrogens is 248 g/mol. The molecule has 0 amide bonds. The first-order valence-electron chi connectivity index (χ1n) is 5.79. The summed E-state index contributed by atoms with van der Waals surface area (Å²) in [5.41, 5.74) is 6.88. The van der Waals surface area contributed by atoms with Crippen molar-refractivity contribution in [3.8, 4) is 12.3 Å². The van der Waals surface area contributed by atoms with E-state index < -0.39 is 10.0 Å². The molecule has 0 aliphatic heterocycles. The number of anilines is 1. The number of sulfonamides is 1. The van der Waals surface area contributed by atoms with E-state index >= 15 is 0 Å². The second-order valence-corrected chi connectivity index (χ2v) is 5.86. The van der Waals surface area contributed by atoms with Gasteiger partial charge in [0.1, 0.15) is 0 Å². The van der Waals surface area contributed by atoms with Crippen LogP contribution < -0.4 is 10.5 Å². The lowest BCUT2D eigenvalue weighted by Gasteiger charge is -2.06. The molecule has 0 unspecified atom stereocenters. The van der Waals surface area contributed by atoms with Gasteiger partial charge in [-0.15, -0.1) is 12.3 Å². The van der Waals surface area contributed by atoms with Gasteiger partial charge in [-0.2, -0.15) is 0 Å². The summed E-state index contributed by atoms with van der Waals surface area (Å²) in [4.78, 5) is 0. The van der Waals surface area contributed by atoms with Gasteiger partial charge in [0.2, 0.25) is 10.0 Å². The highest BCUT2D eigenvalue weighted by atomic mass is 32.2. The Balaban J connectivity index is 2.40. The number of nitrogen functional groups attached to an aromatic ring is 1. The number of hydrogen-bond donors (Lipinski definition) is 2. The maximum atomic E-state index is 11.7. The van der Waals surface area contributed by atoms with Crippen molar-refractivity contribution in [3.63, 3.8) is 0 Å². The van der Waals surface area contributed by atoms with Gasteiger partial charge in [-0.25, -0.2) is 13.1 Å². The molecule has 0 aliphatic rings. The highest BCUT2D eigenvalue weighted by Gasteiger charge is 2.10. The lowest BCUT2D eigenvalue weighted by Crippen LogP contribution is -2.26. The molecule has 0 aliphatic carbocycles. The molecule has 0 saturated heterocycles. The molecule has 3 N–H and O–H groups in total. The molecule has 1 rings (SSSR count). The van der Waals surface area contributed by atoms with Gasteiger partial charge in [0.25, 0.3) is 0 Å². The molecule has 0 saturated carbocycles. The standard InChI is InChI=1S/C13H18N2O2S/c1-2-3-4-5-10-15-18(16,17)11-12-6-8-13(14)9-7-12/h1,6-9,15H,3-5,10-11,14H2. The smallest absolute Gasteiger partial charge is 0.215 e. The van der Waals surface area contributed by atoms with Crippen LogP contribution in [-0.2, 0) is 15.8 Å². The Hall–Kier alpha value is -1.51. The number of nitrogens with two attached hydrogens (primary N) is 1. The van der Waals surface area contributed by atoms with E-state index in [-0.39, 0.29) is 5.75 Å². The molecule has 1 aromatic carbocycles. The van der Waals surface area contributed by atoms with E-state index in [1.807, 2.05) is 0 Å². The van der Waals surface area contributed by atoms with Crippen LogP contribution in [-0.4, -0.2) is 15.0 Å². The van der Waals surface area contributed by atoms with E-state index in [0.717, 1.165) is 18.4 Å². The third-order valence-electron chi connectivity index (χ3n) is 2.41. The van der Waals surface area contributed by atoms with Crippen LogP contribution in [0, 0.1) is 12.3 Å². The quantitative estimate of drug-likeness (QED) is 0.446. The average Bonchev–Trinajstić information content (AvgIpc) is 2.31. The molecular formula is C13H18N2O2S. The van der Waals surface area contributed by atoms with E-state index in [1.165, 1.54) is 0 Å². The van der Waals surface area contributed by atoms with Crippen molar-refractivity contribution < 1.29 is 8.42 Å². The molecule has 0 aromatic heterocycles. The number of unbranched alkanes of at least 4 members (excludes halogenated alkanes) is 2. The molecule has 5 heteroatoms. The van der Waals surface area contributed by atoms with Crippen molar-refractivity contribution >= 4 is 15.7 Å². The maximum absolute atomic E-state index is 11.7. The topological polar surface area (TPSA) is 72.2 Å². The Labute approximate surface area is 109 Å². The van der Waals surface area contributed by atoms with E-state index in [0.29, 0.717) is 18.7 Å². The molecule has 1 aromatic rings. The molecule has 0 heterocycles. The predicted octanol–water partition coefficient (Wildman–Crippen LogP) is 1.49. The lowest BCUT2D eigenvalue weighted by molar-refractivity contribution is 0.576. The fourth-order valence-corrected chi connectivity index (χ4v) is 2.65.